The van der Waals surface area contributed by atoms with Crippen LogP contribution >= 0.6 is 12.2 Å². The van der Waals surface area contributed by atoms with Crippen molar-refractivity contribution in [2.24, 2.45) is 12.1 Å². The van der Waals surface area contributed by atoms with Gasteiger partial charge in [0.2, 0.25) is 5.88 Å². The summed E-state index contributed by atoms with van der Waals surface area (Å²) in [5, 5.41) is 16.6. The zero-order valence-electron chi connectivity index (χ0n) is 13.6. The topological polar surface area (TPSA) is 62.8 Å². The van der Waals surface area contributed by atoms with Crippen LogP contribution < -0.4 is 5.56 Å². The molecule has 1 aliphatic heterocycles. The second kappa shape index (κ2) is 7.00. The van der Waals surface area contributed by atoms with E-state index >= 15 is 0 Å². The molecule has 0 saturated carbocycles. The lowest BCUT2D eigenvalue weighted by Crippen LogP contribution is -2.28. The molecular weight excluding hydrogens is 324 g/mol. The van der Waals surface area contributed by atoms with Gasteiger partial charge in [0.25, 0.3) is 5.56 Å². The van der Waals surface area contributed by atoms with Crippen LogP contribution in [0.1, 0.15) is 24.8 Å². The average molecular weight is 344 g/mol. The molecule has 1 aromatic carbocycles. The number of nitrogens with zero attached hydrogens (tertiary/aromatic N) is 4. The Hall–Kier alpha value is -2.41. The van der Waals surface area contributed by atoms with Crippen LogP contribution in [0.4, 0.5) is 0 Å². The molecule has 0 unspecified atom stereocenters. The van der Waals surface area contributed by atoms with E-state index in [0.717, 1.165) is 25.9 Å². The summed E-state index contributed by atoms with van der Waals surface area (Å²) in [6.07, 6.45) is 4.84. The SMILES string of the molecule is Cn1c(O)c(/C=N/N2CCCCC2)c(=O)n(-c2ccccc2)c1=S. The van der Waals surface area contributed by atoms with E-state index in [-0.39, 0.29) is 21.8 Å². The summed E-state index contributed by atoms with van der Waals surface area (Å²) < 4.78 is 3.06. The van der Waals surface area contributed by atoms with E-state index in [1.165, 1.54) is 21.8 Å². The van der Waals surface area contributed by atoms with Crippen molar-refractivity contribution in [2.75, 3.05) is 13.1 Å². The van der Waals surface area contributed by atoms with E-state index < -0.39 is 0 Å². The fraction of sp³-hybridized carbons (Fsp3) is 0.353. The highest BCUT2D eigenvalue weighted by molar-refractivity contribution is 7.71. The van der Waals surface area contributed by atoms with Gasteiger partial charge < -0.3 is 5.11 Å². The lowest BCUT2D eigenvalue weighted by atomic mass is 10.2. The lowest BCUT2D eigenvalue weighted by Gasteiger charge is -2.23. The van der Waals surface area contributed by atoms with E-state index in [1.807, 2.05) is 23.2 Å². The van der Waals surface area contributed by atoms with Crippen molar-refractivity contribution in [3.63, 3.8) is 0 Å². The summed E-state index contributed by atoms with van der Waals surface area (Å²) >= 11 is 5.33. The van der Waals surface area contributed by atoms with Gasteiger partial charge in [-0.1, -0.05) is 18.2 Å². The van der Waals surface area contributed by atoms with Gasteiger partial charge in [-0.25, -0.2) is 0 Å². The quantitative estimate of drug-likeness (QED) is 0.686. The van der Waals surface area contributed by atoms with E-state index in [0.29, 0.717) is 5.69 Å². The second-order valence-corrected chi connectivity index (χ2v) is 6.18. The first kappa shape index (κ1) is 16.4. The number of aromatic nitrogens is 2. The molecule has 0 amide bonds. The van der Waals surface area contributed by atoms with Crippen LogP contribution in [0.25, 0.3) is 5.69 Å². The number of rotatable bonds is 3. The minimum Gasteiger partial charge on any atom is -0.494 e. The van der Waals surface area contributed by atoms with E-state index in [4.69, 9.17) is 12.2 Å². The number of hydrazone groups is 1. The Morgan fingerprint density at radius 1 is 1.17 bits per heavy atom. The molecule has 0 aliphatic carbocycles. The fourth-order valence-electron chi connectivity index (χ4n) is 2.77. The van der Waals surface area contributed by atoms with Crippen LogP contribution in [0.15, 0.2) is 40.2 Å². The minimum absolute atomic E-state index is 0.139. The van der Waals surface area contributed by atoms with Crippen molar-refractivity contribution < 1.29 is 5.11 Å². The van der Waals surface area contributed by atoms with Gasteiger partial charge in [0, 0.05) is 20.1 Å². The molecule has 0 atom stereocenters. The monoisotopic (exact) mass is 344 g/mol. The Balaban J connectivity index is 2.10. The zero-order chi connectivity index (χ0) is 17.1. The van der Waals surface area contributed by atoms with Crippen LogP contribution in [0.3, 0.4) is 0 Å². The zero-order valence-corrected chi connectivity index (χ0v) is 14.4. The first-order chi connectivity index (χ1) is 11.6. The molecule has 1 N–H and O–H groups in total. The van der Waals surface area contributed by atoms with Gasteiger partial charge >= 0.3 is 0 Å². The average Bonchev–Trinajstić information content (AvgIpc) is 2.62. The molecule has 24 heavy (non-hydrogen) atoms. The van der Waals surface area contributed by atoms with Gasteiger partial charge in [-0.3, -0.25) is 18.9 Å². The predicted octanol–water partition coefficient (Wildman–Crippen LogP) is 2.43. The van der Waals surface area contributed by atoms with Crippen LogP contribution in [-0.4, -0.2) is 38.6 Å². The normalized spacial score (nSPS) is 15.1. The van der Waals surface area contributed by atoms with Crippen molar-refractivity contribution in [2.45, 2.75) is 19.3 Å². The van der Waals surface area contributed by atoms with Gasteiger partial charge in [-0.05, 0) is 43.6 Å². The number of aromatic hydroxyl groups is 1. The number of hydrogen-bond acceptors (Lipinski definition) is 5. The Kier molecular flexibility index (Phi) is 4.80. The molecular formula is C17H20N4O2S. The van der Waals surface area contributed by atoms with Crippen LogP contribution in [0.5, 0.6) is 5.88 Å². The third kappa shape index (κ3) is 3.12. The fourth-order valence-corrected chi connectivity index (χ4v) is 3.05. The maximum atomic E-state index is 12.8. The molecule has 0 radical (unpaired) electrons. The van der Waals surface area contributed by atoms with E-state index in [1.54, 1.807) is 19.2 Å². The molecule has 1 aromatic heterocycles. The number of para-hydroxylation sites is 1. The van der Waals surface area contributed by atoms with Gasteiger partial charge in [0.1, 0.15) is 5.56 Å². The maximum Gasteiger partial charge on any atom is 0.271 e. The van der Waals surface area contributed by atoms with Crippen LogP contribution in [-0.2, 0) is 7.05 Å². The summed E-state index contributed by atoms with van der Waals surface area (Å²) in [5.41, 5.74) is 0.429. The third-order valence-corrected chi connectivity index (χ3v) is 4.62. The van der Waals surface area contributed by atoms with Crippen molar-refractivity contribution in [1.82, 2.24) is 14.1 Å². The molecule has 1 fully saturated rings. The first-order valence-corrected chi connectivity index (χ1v) is 8.40. The Morgan fingerprint density at radius 2 is 1.83 bits per heavy atom. The molecule has 0 bridgehead atoms. The van der Waals surface area contributed by atoms with Crippen molar-refractivity contribution in [3.8, 4) is 11.6 Å². The Bertz CT molecular complexity index is 865. The largest absolute Gasteiger partial charge is 0.494 e. The number of benzene rings is 1. The van der Waals surface area contributed by atoms with E-state index in [2.05, 4.69) is 5.10 Å². The third-order valence-electron chi connectivity index (χ3n) is 4.17. The lowest BCUT2D eigenvalue weighted by molar-refractivity contribution is 0.240. The van der Waals surface area contributed by atoms with E-state index in [9.17, 15) is 9.90 Å². The summed E-state index contributed by atoms with van der Waals surface area (Å²) in [6.45, 7) is 1.74. The first-order valence-electron chi connectivity index (χ1n) is 7.99. The Morgan fingerprint density at radius 3 is 2.50 bits per heavy atom. The highest BCUT2D eigenvalue weighted by Crippen LogP contribution is 2.15. The standard InChI is InChI=1S/C17H20N4O2S/c1-19-15(22)14(12-18-20-10-6-3-7-11-20)16(23)21(17(19)24)13-8-4-2-5-9-13/h2,4-5,8-9,12,22H,3,6-7,10-11H2,1H3/b18-12+. The second-order valence-electron chi connectivity index (χ2n) is 5.81. The van der Waals surface area contributed by atoms with Gasteiger partial charge in [0.05, 0.1) is 11.9 Å². The number of hydrogen-bond donors (Lipinski definition) is 1. The molecule has 1 saturated heterocycles. The maximum absolute atomic E-state index is 12.8. The molecule has 2 aromatic rings. The number of piperidine rings is 1. The van der Waals surface area contributed by atoms with Crippen molar-refractivity contribution >= 4 is 18.4 Å². The summed E-state index contributed by atoms with van der Waals surface area (Å²) in [6, 6.07) is 9.16. The molecule has 1 aliphatic rings. The predicted molar refractivity (Wildman–Crippen MR) is 96.5 cm³/mol. The molecule has 6 nitrogen and oxygen atoms in total. The van der Waals surface area contributed by atoms with Crippen LogP contribution in [0, 0.1) is 4.77 Å². The summed E-state index contributed by atoms with van der Waals surface area (Å²) in [5.74, 6) is -0.169. The molecule has 126 valence electrons. The molecule has 2 heterocycles. The van der Waals surface area contributed by atoms with Gasteiger partial charge in [-0.2, -0.15) is 5.10 Å². The molecule has 0 spiro atoms. The van der Waals surface area contributed by atoms with Gasteiger partial charge in [0.15, 0.2) is 4.77 Å². The smallest absolute Gasteiger partial charge is 0.271 e. The summed E-state index contributed by atoms with van der Waals surface area (Å²) in [4.78, 5) is 12.8. The highest BCUT2D eigenvalue weighted by Gasteiger charge is 2.15. The van der Waals surface area contributed by atoms with Crippen LogP contribution in [0.2, 0.25) is 0 Å². The Labute approximate surface area is 145 Å². The summed E-state index contributed by atoms with van der Waals surface area (Å²) in [7, 11) is 1.63. The van der Waals surface area contributed by atoms with Crippen molar-refractivity contribution in [1.29, 1.82) is 0 Å². The van der Waals surface area contributed by atoms with Gasteiger partial charge in [-0.15, -0.1) is 0 Å². The molecule has 7 heteroatoms. The molecule has 3 rings (SSSR count). The minimum atomic E-state index is -0.373. The highest BCUT2D eigenvalue weighted by atomic mass is 32.1. The van der Waals surface area contributed by atoms with Crippen molar-refractivity contribution in [3.05, 3.63) is 51.0 Å².